The summed E-state index contributed by atoms with van der Waals surface area (Å²) in [5, 5.41) is 21.3. The number of nitrogens with two attached hydrogens (primary N) is 1. The highest BCUT2D eigenvalue weighted by Gasteiger charge is 2.48. The number of aromatic nitrogens is 2. The molecule has 8 nitrogen and oxygen atoms in total. The Labute approximate surface area is 188 Å². The SMILES string of the molecule is CC(C)C(C)(C(=N)NC(=O)C1(C(=O)O)CCCCC1)c1ccc(-c2cnc(N)nc2)cc1. The van der Waals surface area contributed by atoms with Crippen molar-refractivity contribution < 1.29 is 14.7 Å². The predicted molar refractivity (Wildman–Crippen MR) is 123 cm³/mol. The van der Waals surface area contributed by atoms with Gasteiger partial charge in [0.25, 0.3) is 0 Å². The first-order valence-corrected chi connectivity index (χ1v) is 10.9. The van der Waals surface area contributed by atoms with Gasteiger partial charge in [-0.15, -0.1) is 0 Å². The van der Waals surface area contributed by atoms with Crippen LogP contribution in [0, 0.1) is 16.7 Å². The summed E-state index contributed by atoms with van der Waals surface area (Å²) < 4.78 is 0. The van der Waals surface area contributed by atoms with Gasteiger partial charge in [0.15, 0.2) is 0 Å². The summed E-state index contributed by atoms with van der Waals surface area (Å²) in [4.78, 5) is 33.1. The lowest BCUT2D eigenvalue weighted by Gasteiger charge is -2.37. The van der Waals surface area contributed by atoms with Gasteiger partial charge < -0.3 is 16.2 Å². The van der Waals surface area contributed by atoms with Crippen LogP contribution in [0.5, 0.6) is 0 Å². The number of amides is 1. The first-order chi connectivity index (χ1) is 15.1. The van der Waals surface area contributed by atoms with Crippen LogP contribution in [-0.4, -0.2) is 32.8 Å². The van der Waals surface area contributed by atoms with E-state index in [4.69, 9.17) is 11.1 Å². The second kappa shape index (κ2) is 9.06. The third-order valence-corrected chi connectivity index (χ3v) is 6.95. The highest BCUT2D eigenvalue weighted by molar-refractivity contribution is 6.11. The van der Waals surface area contributed by atoms with Gasteiger partial charge in [-0.05, 0) is 36.8 Å². The smallest absolute Gasteiger partial charge is 0.319 e. The Kier molecular flexibility index (Phi) is 6.62. The molecule has 1 saturated carbocycles. The number of rotatable bonds is 6. The van der Waals surface area contributed by atoms with Crippen LogP contribution < -0.4 is 11.1 Å². The van der Waals surface area contributed by atoms with Crippen molar-refractivity contribution in [2.24, 2.45) is 11.3 Å². The van der Waals surface area contributed by atoms with Crippen molar-refractivity contribution in [2.45, 2.75) is 58.3 Å². The van der Waals surface area contributed by atoms with Gasteiger partial charge in [-0.25, -0.2) is 9.97 Å². The van der Waals surface area contributed by atoms with Crippen molar-refractivity contribution in [3.8, 4) is 11.1 Å². The van der Waals surface area contributed by atoms with Gasteiger partial charge in [0, 0.05) is 18.0 Å². The summed E-state index contributed by atoms with van der Waals surface area (Å²) in [5.74, 6) is -1.50. The normalized spacial score (nSPS) is 17.4. The Hall–Kier alpha value is -3.29. The fourth-order valence-electron chi connectivity index (χ4n) is 4.32. The molecule has 1 unspecified atom stereocenters. The van der Waals surface area contributed by atoms with E-state index in [0.29, 0.717) is 25.7 Å². The van der Waals surface area contributed by atoms with Gasteiger partial charge in [-0.2, -0.15) is 0 Å². The number of hydrogen-bond acceptors (Lipinski definition) is 6. The first-order valence-electron chi connectivity index (χ1n) is 10.9. The number of anilines is 1. The minimum absolute atomic E-state index is 0.00673. The Bertz CT molecular complexity index is 995. The largest absolute Gasteiger partial charge is 0.480 e. The number of benzene rings is 1. The van der Waals surface area contributed by atoms with Crippen molar-refractivity contribution in [3.63, 3.8) is 0 Å². The second-order valence-corrected chi connectivity index (χ2v) is 9.04. The molecule has 1 aromatic heterocycles. The molecule has 0 saturated heterocycles. The number of carbonyl (C=O) groups is 2. The quantitative estimate of drug-likeness (QED) is 0.308. The van der Waals surface area contributed by atoms with Crippen LogP contribution in [0.2, 0.25) is 0 Å². The molecule has 3 rings (SSSR count). The Balaban J connectivity index is 1.87. The molecule has 0 spiro atoms. The summed E-state index contributed by atoms with van der Waals surface area (Å²) in [6.45, 7) is 5.86. The summed E-state index contributed by atoms with van der Waals surface area (Å²) in [6, 6.07) is 7.67. The number of carbonyl (C=O) groups excluding carboxylic acids is 1. The average molecular weight is 438 g/mol. The predicted octanol–water partition coefficient (Wildman–Crippen LogP) is 3.77. The third-order valence-electron chi connectivity index (χ3n) is 6.95. The van der Waals surface area contributed by atoms with Gasteiger partial charge in [0.05, 0.1) is 5.41 Å². The first kappa shape index (κ1) is 23.4. The van der Waals surface area contributed by atoms with Crippen LogP contribution in [0.1, 0.15) is 58.4 Å². The molecule has 0 aliphatic heterocycles. The molecule has 0 bridgehead atoms. The number of hydrogen-bond donors (Lipinski definition) is 4. The molecular weight excluding hydrogens is 406 g/mol. The van der Waals surface area contributed by atoms with Crippen molar-refractivity contribution in [1.82, 2.24) is 15.3 Å². The minimum atomic E-state index is -1.46. The Morgan fingerprint density at radius 3 is 2.16 bits per heavy atom. The molecule has 1 aliphatic rings. The van der Waals surface area contributed by atoms with Crippen LogP contribution in [0.4, 0.5) is 5.95 Å². The Morgan fingerprint density at radius 2 is 1.66 bits per heavy atom. The third kappa shape index (κ3) is 4.22. The molecule has 1 aliphatic carbocycles. The number of carboxylic acid groups (broad SMARTS) is 1. The van der Waals surface area contributed by atoms with Gasteiger partial charge >= 0.3 is 5.97 Å². The number of nitrogens with zero attached hydrogens (tertiary/aromatic N) is 2. The Morgan fingerprint density at radius 1 is 1.09 bits per heavy atom. The number of carboxylic acids is 1. The van der Waals surface area contributed by atoms with E-state index in [1.54, 1.807) is 12.4 Å². The summed E-state index contributed by atoms with van der Waals surface area (Å²) in [5.41, 5.74) is 5.87. The second-order valence-electron chi connectivity index (χ2n) is 9.04. The average Bonchev–Trinajstić information content (AvgIpc) is 2.79. The summed E-state index contributed by atoms with van der Waals surface area (Å²) >= 11 is 0. The molecule has 32 heavy (non-hydrogen) atoms. The monoisotopic (exact) mass is 437 g/mol. The lowest BCUT2D eigenvalue weighted by molar-refractivity contribution is -0.157. The highest BCUT2D eigenvalue weighted by atomic mass is 16.4. The molecule has 1 atom stereocenters. The van der Waals surface area contributed by atoms with Crippen molar-refractivity contribution in [1.29, 1.82) is 5.41 Å². The van der Waals surface area contributed by atoms with E-state index in [1.165, 1.54) is 0 Å². The van der Waals surface area contributed by atoms with E-state index in [9.17, 15) is 14.7 Å². The van der Waals surface area contributed by atoms with E-state index >= 15 is 0 Å². The van der Waals surface area contributed by atoms with Gasteiger partial charge in [0.2, 0.25) is 11.9 Å². The van der Waals surface area contributed by atoms with Crippen molar-refractivity contribution >= 4 is 23.7 Å². The van der Waals surface area contributed by atoms with Gasteiger partial charge in [0.1, 0.15) is 11.3 Å². The van der Waals surface area contributed by atoms with Gasteiger partial charge in [-0.3, -0.25) is 15.0 Å². The highest BCUT2D eigenvalue weighted by Crippen LogP contribution is 2.38. The minimum Gasteiger partial charge on any atom is -0.480 e. The number of nitrogens with one attached hydrogen (secondary N) is 2. The summed E-state index contributed by atoms with van der Waals surface area (Å²) in [6.07, 6.45) is 6.23. The van der Waals surface area contributed by atoms with E-state index in [1.807, 2.05) is 45.0 Å². The standard InChI is InChI=1S/C24H31N5O3/c1-15(2)23(3,18-9-7-16(8-10-18)17-13-27-22(26)28-14-17)19(25)29-20(30)24(21(31)32)11-5-4-6-12-24/h7-10,13-15H,4-6,11-12H2,1-3H3,(H,31,32)(H2,25,29,30)(H2,26,27,28). The maximum absolute atomic E-state index is 13.1. The molecule has 1 heterocycles. The molecule has 1 aromatic carbocycles. The van der Waals surface area contributed by atoms with Crippen LogP contribution in [-0.2, 0) is 15.0 Å². The van der Waals surface area contributed by atoms with Crippen LogP contribution in [0.25, 0.3) is 11.1 Å². The van der Waals surface area contributed by atoms with Gasteiger partial charge in [-0.1, -0.05) is 57.4 Å². The van der Waals surface area contributed by atoms with Crippen LogP contribution >= 0.6 is 0 Å². The topological polar surface area (TPSA) is 142 Å². The van der Waals surface area contributed by atoms with E-state index < -0.39 is 22.7 Å². The fourth-order valence-corrected chi connectivity index (χ4v) is 4.32. The van der Waals surface area contributed by atoms with E-state index in [-0.39, 0.29) is 17.7 Å². The van der Waals surface area contributed by atoms with E-state index in [0.717, 1.165) is 23.1 Å². The molecular formula is C24H31N5O3. The zero-order valence-corrected chi connectivity index (χ0v) is 18.8. The molecule has 2 aromatic rings. The molecule has 5 N–H and O–H groups in total. The summed E-state index contributed by atoms with van der Waals surface area (Å²) in [7, 11) is 0. The molecule has 170 valence electrons. The van der Waals surface area contributed by atoms with Crippen molar-refractivity contribution in [3.05, 3.63) is 42.2 Å². The van der Waals surface area contributed by atoms with Crippen LogP contribution in [0.3, 0.4) is 0 Å². The molecule has 1 fully saturated rings. The zero-order valence-electron chi connectivity index (χ0n) is 18.8. The lowest BCUT2D eigenvalue weighted by atomic mass is 9.70. The molecule has 0 radical (unpaired) electrons. The maximum Gasteiger partial charge on any atom is 0.319 e. The molecule has 1 amide bonds. The number of nitrogen functional groups attached to an aromatic ring is 1. The van der Waals surface area contributed by atoms with Crippen molar-refractivity contribution in [2.75, 3.05) is 5.73 Å². The number of aliphatic carboxylic acids is 1. The lowest BCUT2D eigenvalue weighted by Crippen LogP contribution is -2.54. The molecule has 8 heteroatoms. The zero-order chi connectivity index (χ0) is 23.5. The van der Waals surface area contributed by atoms with Crippen LogP contribution in [0.15, 0.2) is 36.7 Å². The van der Waals surface area contributed by atoms with E-state index in [2.05, 4.69) is 15.3 Å². The fraction of sp³-hybridized carbons (Fsp3) is 0.458. The maximum atomic E-state index is 13.1. The number of amidine groups is 1.